The Morgan fingerprint density at radius 1 is 1.19 bits per heavy atom. The van der Waals surface area contributed by atoms with Gasteiger partial charge in [-0.25, -0.2) is 4.39 Å². The average molecular weight is 221 g/mol. The third-order valence-electron chi connectivity index (χ3n) is 4.03. The van der Waals surface area contributed by atoms with E-state index in [0.29, 0.717) is 6.54 Å². The van der Waals surface area contributed by atoms with Crippen molar-refractivity contribution in [3.63, 3.8) is 0 Å². The predicted octanol–water partition coefficient (Wildman–Crippen LogP) is 3.21. The van der Waals surface area contributed by atoms with Gasteiger partial charge in [0, 0.05) is 12.0 Å². The smallest absolute Gasteiger partial charge is 0.126 e. The number of benzene rings is 1. The van der Waals surface area contributed by atoms with Crippen molar-refractivity contribution in [3.8, 4) is 0 Å². The predicted molar refractivity (Wildman–Crippen MR) is 65.1 cm³/mol. The lowest BCUT2D eigenvalue weighted by Crippen LogP contribution is -2.33. The molecule has 0 atom stereocenters. The van der Waals surface area contributed by atoms with Crippen LogP contribution in [-0.4, -0.2) is 6.54 Å². The molecule has 1 aromatic rings. The summed E-state index contributed by atoms with van der Waals surface area (Å²) in [5, 5.41) is 0. The molecule has 1 aliphatic carbocycles. The number of halogens is 1. The van der Waals surface area contributed by atoms with E-state index in [1.807, 2.05) is 19.9 Å². The average Bonchev–Trinajstić information content (AvgIpc) is 2.73. The van der Waals surface area contributed by atoms with E-state index < -0.39 is 0 Å². The van der Waals surface area contributed by atoms with Crippen molar-refractivity contribution < 1.29 is 4.39 Å². The zero-order valence-electron chi connectivity index (χ0n) is 10.1. The van der Waals surface area contributed by atoms with E-state index in [9.17, 15) is 4.39 Å². The standard InChI is InChI=1S/C14H20FN/c1-10-8-13(15)11(2)7-12(10)14(9-16)5-3-4-6-14/h7-8H,3-6,9,16H2,1-2H3. The van der Waals surface area contributed by atoms with Gasteiger partial charge in [0.05, 0.1) is 0 Å². The van der Waals surface area contributed by atoms with Crippen molar-refractivity contribution in [2.24, 2.45) is 5.73 Å². The molecule has 16 heavy (non-hydrogen) atoms. The van der Waals surface area contributed by atoms with Crippen molar-refractivity contribution in [2.45, 2.75) is 44.9 Å². The molecule has 0 bridgehead atoms. The van der Waals surface area contributed by atoms with Crippen molar-refractivity contribution in [3.05, 3.63) is 34.6 Å². The molecule has 0 amide bonds. The van der Waals surface area contributed by atoms with Gasteiger partial charge >= 0.3 is 0 Å². The Hall–Kier alpha value is -0.890. The van der Waals surface area contributed by atoms with Gasteiger partial charge in [-0.15, -0.1) is 0 Å². The van der Waals surface area contributed by atoms with Gasteiger partial charge in [0.15, 0.2) is 0 Å². The van der Waals surface area contributed by atoms with Crippen LogP contribution in [0.25, 0.3) is 0 Å². The molecule has 1 saturated carbocycles. The molecule has 1 aliphatic rings. The summed E-state index contributed by atoms with van der Waals surface area (Å²) in [4.78, 5) is 0. The molecule has 1 nitrogen and oxygen atoms in total. The van der Waals surface area contributed by atoms with Gasteiger partial charge in [0.1, 0.15) is 5.82 Å². The highest BCUT2D eigenvalue weighted by Crippen LogP contribution is 2.42. The first-order valence-electron chi connectivity index (χ1n) is 6.06. The number of hydrogen-bond acceptors (Lipinski definition) is 1. The molecule has 0 saturated heterocycles. The second-order valence-electron chi connectivity index (χ2n) is 5.11. The highest BCUT2D eigenvalue weighted by Gasteiger charge is 2.35. The maximum Gasteiger partial charge on any atom is 0.126 e. The van der Waals surface area contributed by atoms with E-state index in [0.717, 1.165) is 24.0 Å². The van der Waals surface area contributed by atoms with E-state index in [4.69, 9.17) is 5.73 Å². The first-order chi connectivity index (χ1) is 7.59. The van der Waals surface area contributed by atoms with E-state index >= 15 is 0 Å². The van der Waals surface area contributed by atoms with Crippen LogP contribution in [0.3, 0.4) is 0 Å². The van der Waals surface area contributed by atoms with Gasteiger partial charge in [0.25, 0.3) is 0 Å². The number of aryl methyl sites for hydroxylation is 2. The molecule has 1 fully saturated rings. The Balaban J connectivity index is 2.50. The van der Waals surface area contributed by atoms with Crippen molar-refractivity contribution in [1.82, 2.24) is 0 Å². The third-order valence-corrected chi connectivity index (χ3v) is 4.03. The van der Waals surface area contributed by atoms with Gasteiger partial charge < -0.3 is 5.73 Å². The Kier molecular flexibility index (Phi) is 3.02. The molecule has 0 radical (unpaired) electrons. The summed E-state index contributed by atoms with van der Waals surface area (Å²) in [7, 11) is 0. The van der Waals surface area contributed by atoms with E-state index in [2.05, 4.69) is 0 Å². The molecule has 2 heteroatoms. The van der Waals surface area contributed by atoms with Gasteiger partial charge in [-0.1, -0.05) is 18.9 Å². The molecule has 0 unspecified atom stereocenters. The Bertz CT molecular complexity index is 392. The van der Waals surface area contributed by atoms with Crippen LogP contribution < -0.4 is 5.73 Å². The molecule has 0 heterocycles. The van der Waals surface area contributed by atoms with Gasteiger partial charge in [-0.2, -0.15) is 0 Å². The Labute approximate surface area is 96.9 Å². The van der Waals surface area contributed by atoms with E-state index in [-0.39, 0.29) is 11.2 Å². The zero-order valence-corrected chi connectivity index (χ0v) is 10.1. The normalized spacial score (nSPS) is 19.0. The van der Waals surface area contributed by atoms with Gasteiger partial charge in [0.2, 0.25) is 0 Å². The number of hydrogen-bond donors (Lipinski definition) is 1. The highest BCUT2D eigenvalue weighted by molar-refractivity contribution is 5.38. The van der Waals surface area contributed by atoms with Gasteiger partial charge in [-0.3, -0.25) is 0 Å². The SMILES string of the molecule is Cc1cc(C2(CN)CCCC2)c(C)cc1F. The van der Waals surface area contributed by atoms with Crippen LogP contribution in [0.15, 0.2) is 12.1 Å². The minimum atomic E-state index is -0.105. The van der Waals surface area contributed by atoms with Crippen molar-refractivity contribution >= 4 is 0 Å². The van der Waals surface area contributed by atoms with Crippen LogP contribution >= 0.6 is 0 Å². The molecule has 1 aromatic carbocycles. The summed E-state index contributed by atoms with van der Waals surface area (Å²) in [6.07, 6.45) is 4.78. The summed E-state index contributed by atoms with van der Waals surface area (Å²) in [6, 6.07) is 3.66. The maximum atomic E-state index is 13.4. The first-order valence-corrected chi connectivity index (χ1v) is 6.06. The monoisotopic (exact) mass is 221 g/mol. The summed E-state index contributed by atoms with van der Waals surface area (Å²) in [6.45, 7) is 4.50. The minimum Gasteiger partial charge on any atom is -0.330 e. The fourth-order valence-corrected chi connectivity index (χ4v) is 2.99. The van der Waals surface area contributed by atoms with E-state index in [1.54, 1.807) is 6.07 Å². The van der Waals surface area contributed by atoms with E-state index in [1.165, 1.54) is 18.4 Å². The topological polar surface area (TPSA) is 26.0 Å². The van der Waals surface area contributed by atoms with Crippen LogP contribution in [0.4, 0.5) is 4.39 Å². The molecule has 0 spiro atoms. The first kappa shape index (κ1) is 11.6. The van der Waals surface area contributed by atoms with Crippen LogP contribution in [0.2, 0.25) is 0 Å². The summed E-state index contributed by atoms with van der Waals surface area (Å²) in [5.41, 5.74) is 9.14. The highest BCUT2D eigenvalue weighted by atomic mass is 19.1. The summed E-state index contributed by atoms with van der Waals surface area (Å²) < 4.78 is 13.4. The van der Waals surface area contributed by atoms with Crippen molar-refractivity contribution in [2.75, 3.05) is 6.54 Å². The molecule has 2 rings (SSSR count). The molecule has 0 aliphatic heterocycles. The van der Waals surface area contributed by atoms with Crippen molar-refractivity contribution in [1.29, 1.82) is 0 Å². The minimum absolute atomic E-state index is 0.105. The fourth-order valence-electron chi connectivity index (χ4n) is 2.99. The second kappa shape index (κ2) is 4.17. The number of rotatable bonds is 2. The Morgan fingerprint density at radius 3 is 2.38 bits per heavy atom. The maximum absolute atomic E-state index is 13.4. The third kappa shape index (κ3) is 1.75. The lowest BCUT2D eigenvalue weighted by Gasteiger charge is -2.30. The van der Waals surface area contributed by atoms with Crippen LogP contribution in [0.5, 0.6) is 0 Å². The molecule has 2 N–H and O–H groups in total. The number of nitrogens with two attached hydrogens (primary N) is 1. The molecular formula is C14H20FN. The lowest BCUT2D eigenvalue weighted by atomic mass is 9.76. The lowest BCUT2D eigenvalue weighted by molar-refractivity contribution is 0.449. The Morgan fingerprint density at radius 2 is 1.81 bits per heavy atom. The van der Waals surface area contributed by atoms with Gasteiger partial charge in [-0.05, 0) is 49.4 Å². The molecule has 88 valence electrons. The van der Waals surface area contributed by atoms with Crippen LogP contribution in [0.1, 0.15) is 42.4 Å². The molecule has 0 aromatic heterocycles. The fraction of sp³-hybridized carbons (Fsp3) is 0.571. The molecular weight excluding hydrogens is 201 g/mol. The van der Waals surface area contributed by atoms with Crippen LogP contribution in [-0.2, 0) is 5.41 Å². The second-order valence-corrected chi connectivity index (χ2v) is 5.11. The summed E-state index contributed by atoms with van der Waals surface area (Å²) in [5.74, 6) is -0.105. The zero-order chi connectivity index (χ0) is 11.8. The summed E-state index contributed by atoms with van der Waals surface area (Å²) >= 11 is 0. The quantitative estimate of drug-likeness (QED) is 0.815. The van der Waals surface area contributed by atoms with Crippen LogP contribution in [0, 0.1) is 19.7 Å². The largest absolute Gasteiger partial charge is 0.330 e.